The number of phenolic OH excluding ortho intramolecular Hbond substituents is 4. The van der Waals surface area contributed by atoms with Crippen LogP contribution in [0.4, 0.5) is 0 Å². The summed E-state index contributed by atoms with van der Waals surface area (Å²) in [5.74, 6) is -1.12. The van der Waals surface area contributed by atoms with Gasteiger partial charge in [-0.1, -0.05) is 70.7 Å². The fourth-order valence-electron chi connectivity index (χ4n) is 5.14. The first kappa shape index (κ1) is 28.3. The average Bonchev–Trinajstić information content (AvgIpc) is 2.89. The number of hydrogen-bond donors (Lipinski definition) is 4. The minimum absolute atomic E-state index is 0.0450. The van der Waals surface area contributed by atoms with Crippen LogP contribution in [0.25, 0.3) is 0 Å². The van der Waals surface area contributed by atoms with Crippen molar-refractivity contribution in [1.29, 1.82) is 0 Å². The Morgan fingerprint density at radius 2 is 0.579 bits per heavy atom. The summed E-state index contributed by atoms with van der Waals surface area (Å²) in [7, 11) is 0. The summed E-state index contributed by atoms with van der Waals surface area (Å²) in [4.78, 5) is 0. The van der Waals surface area contributed by atoms with E-state index in [1.54, 1.807) is 24.3 Å². The van der Waals surface area contributed by atoms with Gasteiger partial charge in [0, 0.05) is 11.8 Å². The number of halogens is 4. The van der Waals surface area contributed by atoms with Gasteiger partial charge in [-0.15, -0.1) is 0 Å². The molecule has 0 bridgehead atoms. The number of phenols is 4. The van der Waals surface area contributed by atoms with Crippen molar-refractivity contribution in [2.75, 3.05) is 0 Å². The quantitative estimate of drug-likeness (QED) is 0.186. The third kappa shape index (κ3) is 4.76. The molecule has 0 spiro atoms. The monoisotopic (exact) mass is 590 g/mol. The molecule has 0 atom stereocenters. The van der Waals surface area contributed by atoms with E-state index in [2.05, 4.69) is 0 Å². The van der Waals surface area contributed by atoms with Crippen LogP contribution in [0.1, 0.15) is 56.3 Å². The molecule has 4 aromatic rings. The van der Waals surface area contributed by atoms with Crippen LogP contribution >= 0.6 is 46.4 Å². The normalized spacial score (nSPS) is 11.5. The number of rotatable bonds is 5. The van der Waals surface area contributed by atoms with E-state index >= 15 is 0 Å². The third-order valence-corrected chi connectivity index (χ3v) is 9.21. The molecule has 0 saturated carbocycles. The lowest BCUT2D eigenvalue weighted by atomic mass is 9.70. The van der Waals surface area contributed by atoms with Gasteiger partial charge in [0.1, 0.15) is 23.0 Å². The van der Waals surface area contributed by atoms with Gasteiger partial charge in [0.2, 0.25) is 0 Å². The summed E-state index contributed by atoms with van der Waals surface area (Å²) >= 11 is 26.1. The summed E-state index contributed by atoms with van der Waals surface area (Å²) in [6.45, 7) is 7.30. The van der Waals surface area contributed by atoms with E-state index in [0.29, 0.717) is 22.3 Å². The topological polar surface area (TPSA) is 80.9 Å². The maximum absolute atomic E-state index is 10.3. The van der Waals surface area contributed by atoms with Crippen LogP contribution in [0.2, 0.25) is 20.1 Å². The molecule has 0 heterocycles. The number of aromatic hydroxyl groups is 4. The van der Waals surface area contributed by atoms with Gasteiger partial charge in [-0.25, -0.2) is 0 Å². The molecule has 8 heteroatoms. The van der Waals surface area contributed by atoms with Crippen molar-refractivity contribution >= 4 is 46.4 Å². The SMILES string of the molecule is Cc1c(C(c2ccc(O)c(Cl)c2C)C(c2ccc(O)c(Cl)c2C)c2ccc(O)c(Cl)c2C)ccc(O)c1Cl. The van der Waals surface area contributed by atoms with Gasteiger partial charge in [-0.2, -0.15) is 0 Å². The van der Waals surface area contributed by atoms with Crippen molar-refractivity contribution < 1.29 is 20.4 Å². The maximum Gasteiger partial charge on any atom is 0.134 e. The van der Waals surface area contributed by atoms with Crippen LogP contribution in [0.3, 0.4) is 0 Å². The Bertz CT molecular complexity index is 1330. The molecule has 0 aliphatic heterocycles. The zero-order valence-corrected chi connectivity index (χ0v) is 24.1. The molecule has 0 radical (unpaired) electrons. The van der Waals surface area contributed by atoms with Crippen LogP contribution in [-0.2, 0) is 0 Å². The molecular weight excluding hydrogens is 566 g/mol. The first-order chi connectivity index (χ1) is 17.9. The second-order valence-corrected chi connectivity index (χ2v) is 10.9. The van der Waals surface area contributed by atoms with Gasteiger partial charge >= 0.3 is 0 Å². The van der Waals surface area contributed by atoms with Crippen molar-refractivity contribution in [1.82, 2.24) is 0 Å². The standard InChI is InChI=1S/C30H26Cl4O4/c1-13-17(5-9-21(35)27(13)31)25(18-6-10-22(36)28(32)14(18)2)26(19-7-11-23(37)29(33)15(19)3)20-8-12-24(38)30(34)16(20)4/h5-12,25-26,35-38H,1-4H3. The Labute approximate surface area is 241 Å². The highest BCUT2D eigenvalue weighted by atomic mass is 35.5. The molecule has 0 fully saturated rings. The van der Waals surface area contributed by atoms with E-state index in [1.165, 1.54) is 0 Å². The molecule has 4 aromatic carbocycles. The zero-order chi connectivity index (χ0) is 28.0. The fraction of sp³-hybridized carbons (Fsp3) is 0.200. The summed E-state index contributed by atoms with van der Waals surface area (Å²) in [5, 5.41) is 42.2. The van der Waals surface area contributed by atoms with Gasteiger partial charge in [0.25, 0.3) is 0 Å². The summed E-state index contributed by atoms with van der Waals surface area (Å²) < 4.78 is 0. The van der Waals surface area contributed by atoms with E-state index < -0.39 is 11.8 Å². The molecule has 0 unspecified atom stereocenters. The summed E-state index contributed by atoms with van der Waals surface area (Å²) in [6, 6.07) is 13.4. The largest absolute Gasteiger partial charge is 0.506 e. The molecule has 198 valence electrons. The fourth-order valence-corrected chi connectivity index (χ4v) is 5.83. The Morgan fingerprint density at radius 3 is 0.763 bits per heavy atom. The highest BCUT2D eigenvalue weighted by molar-refractivity contribution is 6.34. The van der Waals surface area contributed by atoms with Crippen molar-refractivity contribution in [2.45, 2.75) is 39.5 Å². The average molecular weight is 592 g/mol. The first-order valence-corrected chi connectivity index (χ1v) is 13.3. The lowest BCUT2D eigenvalue weighted by molar-refractivity contribution is 0.472. The van der Waals surface area contributed by atoms with Crippen LogP contribution in [0, 0.1) is 27.7 Å². The van der Waals surface area contributed by atoms with Crippen LogP contribution < -0.4 is 0 Å². The Morgan fingerprint density at radius 1 is 0.395 bits per heavy atom. The molecule has 0 amide bonds. The predicted octanol–water partition coefficient (Wildman–Crippen LogP) is 9.32. The maximum atomic E-state index is 10.3. The van der Waals surface area contributed by atoms with Gasteiger partial charge in [0.15, 0.2) is 0 Å². The van der Waals surface area contributed by atoms with Crippen molar-refractivity contribution in [2.24, 2.45) is 0 Å². The van der Waals surface area contributed by atoms with Gasteiger partial charge < -0.3 is 20.4 Å². The molecule has 0 aliphatic rings. The second kappa shape index (κ2) is 10.8. The second-order valence-electron chi connectivity index (χ2n) is 9.41. The van der Waals surface area contributed by atoms with Crippen LogP contribution in [0.15, 0.2) is 48.5 Å². The van der Waals surface area contributed by atoms with Crippen LogP contribution in [-0.4, -0.2) is 20.4 Å². The minimum atomic E-state index is -0.468. The smallest absolute Gasteiger partial charge is 0.134 e. The lowest BCUT2D eigenvalue weighted by Crippen LogP contribution is -2.19. The number of benzene rings is 4. The van der Waals surface area contributed by atoms with E-state index in [4.69, 9.17) is 46.4 Å². The van der Waals surface area contributed by atoms with Gasteiger partial charge in [-0.3, -0.25) is 0 Å². The van der Waals surface area contributed by atoms with Gasteiger partial charge in [0.05, 0.1) is 20.1 Å². The number of hydrogen-bond acceptors (Lipinski definition) is 4. The van der Waals surface area contributed by atoms with Crippen molar-refractivity contribution in [3.8, 4) is 23.0 Å². The Hall–Kier alpha value is -2.76. The molecule has 4 rings (SSSR count). The van der Waals surface area contributed by atoms with E-state index in [9.17, 15) is 20.4 Å². The molecule has 0 aliphatic carbocycles. The zero-order valence-electron chi connectivity index (χ0n) is 21.1. The van der Waals surface area contributed by atoms with E-state index in [1.807, 2.05) is 52.0 Å². The molecule has 0 aromatic heterocycles. The molecule has 0 saturated heterocycles. The third-order valence-electron chi connectivity index (χ3n) is 7.31. The molecule has 4 N–H and O–H groups in total. The highest BCUT2D eigenvalue weighted by Gasteiger charge is 2.35. The summed E-state index contributed by atoms with van der Waals surface area (Å²) in [5.41, 5.74) is 5.85. The van der Waals surface area contributed by atoms with Crippen molar-refractivity contribution in [3.05, 3.63) is 113 Å². The minimum Gasteiger partial charge on any atom is -0.506 e. The Kier molecular flexibility index (Phi) is 8.02. The van der Waals surface area contributed by atoms with E-state index in [0.717, 1.165) is 22.3 Å². The summed E-state index contributed by atoms with van der Waals surface area (Å²) in [6.07, 6.45) is 0. The molecule has 38 heavy (non-hydrogen) atoms. The van der Waals surface area contributed by atoms with Crippen molar-refractivity contribution in [3.63, 3.8) is 0 Å². The van der Waals surface area contributed by atoms with Gasteiger partial charge in [-0.05, 0) is 96.5 Å². The highest BCUT2D eigenvalue weighted by Crippen LogP contribution is 2.51. The molecule has 4 nitrogen and oxygen atoms in total. The van der Waals surface area contributed by atoms with E-state index in [-0.39, 0.29) is 43.1 Å². The first-order valence-electron chi connectivity index (χ1n) is 11.8. The molecular formula is C30H26Cl4O4. The Balaban J connectivity index is 2.19. The lowest BCUT2D eigenvalue weighted by Gasteiger charge is -2.34. The predicted molar refractivity (Wildman–Crippen MR) is 155 cm³/mol. The van der Waals surface area contributed by atoms with Crippen LogP contribution in [0.5, 0.6) is 23.0 Å².